The summed E-state index contributed by atoms with van der Waals surface area (Å²) in [6.07, 6.45) is 8.33. The van der Waals surface area contributed by atoms with Crippen LogP contribution in [-0.2, 0) is 11.8 Å². The molecular weight excluding hydrogens is 506 g/mol. The summed E-state index contributed by atoms with van der Waals surface area (Å²) >= 11 is 0. The fourth-order valence-corrected chi connectivity index (χ4v) is 4.27. The van der Waals surface area contributed by atoms with Gasteiger partial charge in [0.15, 0.2) is 0 Å². The largest absolute Gasteiger partial charge is 0.359 e. The van der Waals surface area contributed by atoms with E-state index in [1.165, 1.54) is 6.07 Å². The Kier molecular flexibility index (Phi) is 9.18. The van der Waals surface area contributed by atoms with E-state index in [9.17, 15) is 18.4 Å². The number of carbonyl (C=O) groups excluding carboxylic acids is 2. The summed E-state index contributed by atoms with van der Waals surface area (Å²) in [5.41, 5.74) is 3.61. The first-order chi connectivity index (χ1) is 18.8. The first-order valence-electron chi connectivity index (χ1n) is 12.8. The second-order valence-electron chi connectivity index (χ2n) is 9.27. The number of amides is 2. The molecule has 0 fully saturated rings. The average molecular weight is 539 g/mol. The molecule has 0 saturated heterocycles. The number of imidazole rings is 1. The third-order valence-corrected chi connectivity index (χ3v) is 6.47. The monoisotopic (exact) mass is 538 g/mol. The third-order valence-electron chi connectivity index (χ3n) is 6.47. The van der Waals surface area contributed by atoms with Crippen LogP contribution in [0.25, 0.3) is 22.5 Å². The van der Waals surface area contributed by atoms with Gasteiger partial charge in [-0.05, 0) is 30.5 Å². The number of halogens is 2. The van der Waals surface area contributed by atoms with E-state index in [1.54, 1.807) is 17.9 Å². The van der Waals surface area contributed by atoms with Gasteiger partial charge >= 0.3 is 6.55 Å². The molecule has 3 heterocycles. The molecule has 0 aliphatic rings. The van der Waals surface area contributed by atoms with Gasteiger partial charge in [-0.2, -0.15) is 19.0 Å². The molecule has 0 bridgehead atoms. The van der Waals surface area contributed by atoms with E-state index in [0.29, 0.717) is 23.3 Å². The number of aromatic nitrogens is 6. The van der Waals surface area contributed by atoms with Gasteiger partial charge in [-0.15, -0.1) is 0 Å². The van der Waals surface area contributed by atoms with E-state index in [-0.39, 0.29) is 24.1 Å². The van der Waals surface area contributed by atoms with Crippen molar-refractivity contribution < 1.29 is 18.4 Å². The van der Waals surface area contributed by atoms with Gasteiger partial charge < -0.3 is 15.6 Å². The van der Waals surface area contributed by atoms with Crippen molar-refractivity contribution in [2.45, 2.75) is 44.6 Å². The molecule has 4 aromatic rings. The van der Waals surface area contributed by atoms with E-state index in [2.05, 4.69) is 30.8 Å². The van der Waals surface area contributed by atoms with E-state index in [4.69, 9.17) is 0 Å². The molecule has 1 atom stereocenters. The van der Waals surface area contributed by atoms with Gasteiger partial charge in [0.2, 0.25) is 5.91 Å². The Balaban J connectivity index is 1.43. The molecule has 39 heavy (non-hydrogen) atoms. The molecule has 3 aromatic heterocycles. The topological polar surface area (TPSA) is 123 Å². The highest BCUT2D eigenvalue weighted by atomic mass is 19.3. The maximum Gasteiger partial charge on any atom is 0.333 e. The van der Waals surface area contributed by atoms with Gasteiger partial charge in [-0.1, -0.05) is 37.1 Å². The Morgan fingerprint density at radius 3 is 2.44 bits per heavy atom. The second kappa shape index (κ2) is 12.9. The molecule has 0 spiro atoms. The summed E-state index contributed by atoms with van der Waals surface area (Å²) < 4.78 is 27.9. The van der Waals surface area contributed by atoms with E-state index in [1.807, 2.05) is 43.6 Å². The summed E-state index contributed by atoms with van der Waals surface area (Å²) in [6, 6.07) is 11.2. The van der Waals surface area contributed by atoms with Gasteiger partial charge in [0.05, 0.1) is 17.6 Å². The van der Waals surface area contributed by atoms with Crippen LogP contribution >= 0.6 is 0 Å². The smallest absolute Gasteiger partial charge is 0.333 e. The van der Waals surface area contributed by atoms with Crippen molar-refractivity contribution in [2.24, 2.45) is 7.05 Å². The van der Waals surface area contributed by atoms with Gasteiger partial charge in [-0.3, -0.25) is 14.3 Å². The van der Waals surface area contributed by atoms with Crippen molar-refractivity contribution in [2.75, 3.05) is 13.6 Å². The molecule has 2 amide bonds. The number of aromatic amines is 1. The Labute approximate surface area is 224 Å². The predicted molar refractivity (Wildman–Crippen MR) is 142 cm³/mol. The van der Waals surface area contributed by atoms with Crippen LogP contribution < -0.4 is 10.6 Å². The maximum atomic E-state index is 12.8. The fraction of sp³-hybridized carbons (Fsp3) is 0.370. The van der Waals surface area contributed by atoms with E-state index < -0.39 is 12.5 Å². The van der Waals surface area contributed by atoms with Crippen LogP contribution in [0.1, 0.15) is 60.9 Å². The zero-order valence-electron chi connectivity index (χ0n) is 21.9. The first-order valence-corrected chi connectivity index (χ1v) is 12.8. The summed E-state index contributed by atoms with van der Waals surface area (Å²) in [7, 11) is 3.49. The molecule has 4 rings (SSSR count). The molecule has 12 heteroatoms. The lowest BCUT2D eigenvalue weighted by molar-refractivity contribution is -0.120. The molecular formula is C27H32F2N8O2. The number of benzene rings is 1. The highest BCUT2D eigenvalue weighted by molar-refractivity contribution is 5.92. The first kappa shape index (κ1) is 27.7. The van der Waals surface area contributed by atoms with Gasteiger partial charge in [0.25, 0.3) is 5.91 Å². The Morgan fingerprint density at radius 1 is 1.00 bits per heavy atom. The van der Waals surface area contributed by atoms with Crippen molar-refractivity contribution in [1.29, 1.82) is 0 Å². The Hall–Kier alpha value is -4.35. The zero-order valence-corrected chi connectivity index (χ0v) is 21.9. The van der Waals surface area contributed by atoms with Crippen LogP contribution in [0.4, 0.5) is 8.78 Å². The minimum atomic E-state index is -2.81. The highest BCUT2D eigenvalue weighted by Crippen LogP contribution is 2.26. The van der Waals surface area contributed by atoms with E-state index in [0.717, 1.165) is 48.0 Å². The number of nitrogens with one attached hydrogen (secondary N) is 3. The number of H-pyrrole nitrogens is 1. The number of aryl methyl sites for hydroxylation is 1. The summed E-state index contributed by atoms with van der Waals surface area (Å²) in [5.74, 6) is 0.0406. The fourth-order valence-electron chi connectivity index (χ4n) is 4.27. The summed E-state index contributed by atoms with van der Waals surface area (Å²) in [4.78, 5) is 32.0. The number of carbonyl (C=O) groups is 2. The van der Waals surface area contributed by atoms with Crippen molar-refractivity contribution >= 4 is 11.8 Å². The van der Waals surface area contributed by atoms with Crippen molar-refractivity contribution in [1.82, 2.24) is 40.2 Å². The van der Waals surface area contributed by atoms with Crippen LogP contribution in [-0.4, -0.2) is 54.9 Å². The van der Waals surface area contributed by atoms with Crippen molar-refractivity contribution in [3.63, 3.8) is 0 Å². The molecule has 0 saturated carbocycles. The van der Waals surface area contributed by atoms with Crippen LogP contribution in [0.3, 0.4) is 0 Å². The molecule has 1 aromatic carbocycles. The quantitative estimate of drug-likeness (QED) is 0.219. The molecule has 0 aliphatic heterocycles. The molecule has 3 N–H and O–H groups in total. The van der Waals surface area contributed by atoms with Gasteiger partial charge in [-0.25, -0.2) is 9.67 Å². The normalized spacial score (nSPS) is 12.0. The van der Waals surface area contributed by atoms with Crippen LogP contribution in [0.2, 0.25) is 0 Å². The lowest BCUT2D eigenvalue weighted by atomic mass is 9.99. The number of nitrogens with zero attached hydrogens (tertiary/aromatic N) is 5. The number of hydrogen-bond acceptors (Lipinski definition) is 5. The molecule has 10 nitrogen and oxygen atoms in total. The standard InChI is InChI=1S/C27H32F2N8O2/c1-30-24(38)7-5-3-4-6-20(16-32-26(39)22-13-15-37(35-22)27(28)29)25-31-17-23(33-25)19-10-8-18(9-11-19)21-12-14-36(2)34-21/h8-15,17,20,27H,3-7,16H2,1-2H3,(H,30,38)(H,31,33)(H,32,39). The lowest BCUT2D eigenvalue weighted by Crippen LogP contribution is -2.29. The SMILES string of the molecule is CNC(=O)CCCCCC(CNC(=O)c1ccn(C(F)F)n1)c1ncc(-c2ccc(-c3ccn(C)n3)cc2)[nH]1. The second-order valence-corrected chi connectivity index (χ2v) is 9.27. The number of unbranched alkanes of at least 4 members (excludes halogenated alkanes) is 2. The van der Waals surface area contributed by atoms with Gasteiger partial charge in [0.1, 0.15) is 11.5 Å². The summed E-state index contributed by atoms with van der Waals surface area (Å²) in [5, 5.41) is 13.5. The summed E-state index contributed by atoms with van der Waals surface area (Å²) in [6.45, 7) is -2.56. The van der Waals surface area contributed by atoms with Crippen molar-refractivity contribution in [3.8, 4) is 22.5 Å². The molecule has 0 aliphatic carbocycles. The average Bonchev–Trinajstić information content (AvgIpc) is 3.71. The molecule has 206 valence electrons. The van der Waals surface area contributed by atoms with Crippen molar-refractivity contribution in [3.05, 3.63) is 66.5 Å². The van der Waals surface area contributed by atoms with E-state index >= 15 is 0 Å². The van der Waals surface area contributed by atoms with Crippen LogP contribution in [0.15, 0.2) is 55.0 Å². The molecule has 0 radical (unpaired) electrons. The Bertz CT molecular complexity index is 1380. The van der Waals surface area contributed by atoms with Crippen LogP contribution in [0.5, 0.6) is 0 Å². The lowest BCUT2D eigenvalue weighted by Gasteiger charge is -2.15. The number of hydrogen-bond donors (Lipinski definition) is 3. The Morgan fingerprint density at radius 2 is 1.77 bits per heavy atom. The number of alkyl halides is 2. The predicted octanol–water partition coefficient (Wildman–Crippen LogP) is 4.28. The minimum Gasteiger partial charge on any atom is -0.359 e. The molecule has 1 unspecified atom stereocenters. The van der Waals surface area contributed by atoms with Crippen LogP contribution in [0, 0.1) is 0 Å². The third kappa shape index (κ3) is 7.37. The minimum absolute atomic E-state index is 0.00629. The van der Waals surface area contributed by atoms with Gasteiger partial charge in [0, 0.05) is 50.9 Å². The maximum absolute atomic E-state index is 12.8. The number of rotatable bonds is 13. The highest BCUT2D eigenvalue weighted by Gasteiger charge is 2.19. The zero-order chi connectivity index (χ0) is 27.8.